The van der Waals surface area contributed by atoms with E-state index in [2.05, 4.69) is 12.1 Å². The number of benzene rings is 3. The Balaban J connectivity index is 2.05. The van der Waals surface area contributed by atoms with Crippen LogP contribution in [0.2, 0.25) is 10.0 Å². The van der Waals surface area contributed by atoms with Crippen molar-refractivity contribution in [3.8, 4) is 0 Å². The van der Waals surface area contributed by atoms with Gasteiger partial charge in [-0.05, 0) is 74.6 Å². The van der Waals surface area contributed by atoms with Gasteiger partial charge in [0.1, 0.15) is 6.61 Å². The first-order valence-electron chi connectivity index (χ1n) is 10.0. The van der Waals surface area contributed by atoms with E-state index in [1.54, 1.807) is 18.2 Å². The predicted molar refractivity (Wildman–Crippen MR) is 129 cm³/mol. The normalized spacial score (nSPS) is 11.5. The number of nitrogens with zero attached hydrogens (tertiary/aromatic N) is 1. The lowest BCUT2D eigenvalue weighted by Gasteiger charge is -2.18. The molecule has 3 aromatic carbocycles. The molecule has 3 nitrogen and oxygen atoms in total. The van der Waals surface area contributed by atoms with Crippen LogP contribution in [-0.4, -0.2) is 11.5 Å². The van der Waals surface area contributed by atoms with E-state index >= 15 is 0 Å². The number of Topliss-reactive ketones (excluding diaryl/α,β-unsaturated/α-hetero) is 1. The van der Waals surface area contributed by atoms with Gasteiger partial charge in [0.25, 0.3) is 0 Å². The summed E-state index contributed by atoms with van der Waals surface area (Å²) < 4.78 is 0. The van der Waals surface area contributed by atoms with Crippen molar-refractivity contribution in [3.63, 3.8) is 0 Å². The molecule has 5 heteroatoms. The fourth-order valence-corrected chi connectivity index (χ4v) is 4.12. The molecule has 0 spiro atoms. The molecular weight excluding hydrogens is 429 g/mol. The van der Waals surface area contributed by atoms with Crippen LogP contribution in [0.15, 0.2) is 53.7 Å². The topological polar surface area (TPSA) is 38.7 Å². The Morgan fingerprint density at radius 1 is 0.774 bits per heavy atom. The number of halogens is 2. The van der Waals surface area contributed by atoms with E-state index in [1.165, 1.54) is 5.56 Å². The van der Waals surface area contributed by atoms with Crippen LogP contribution in [0.1, 0.15) is 49.3 Å². The highest BCUT2D eigenvalue weighted by atomic mass is 35.5. The standard InChI is InChI=1S/C26H25Cl2NO2/c1-15-16(2)18(4)24(19(5)17(15)3)26(30)25(20-10-7-6-8-11-20)29-31-14-21-22(27)12-9-13-23(21)28/h6-13H,14H2,1-5H3/b29-25+. The summed E-state index contributed by atoms with van der Waals surface area (Å²) in [5.41, 5.74) is 7.59. The second-order valence-electron chi connectivity index (χ2n) is 7.61. The zero-order chi connectivity index (χ0) is 22.7. The molecule has 0 bridgehead atoms. The van der Waals surface area contributed by atoms with Gasteiger partial charge in [-0.1, -0.05) is 64.8 Å². The first kappa shape index (κ1) is 23.1. The summed E-state index contributed by atoms with van der Waals surface area (Å²) in [6, 6.07) is 14.6. The molecule has 0 aliphatic carbocycles. The molecule has 0 unspecified atom stereocenters. The molecule has 0 heterocycles. The van der Waals surface area contributed by atoms with E-state index in [0.29, 0.717) is 26.7 Å². The lowest BCUT2D eigenvalue weighted by atomic mass is 9.86. The Kier molecular flexibility index (Phi) is 7.19. The fraction of sp³-hybridized carbons (Fsp3) is 0.231. The van der Waals surface area contributed by atoms with Crippen LogP contribution >= 0.6 is 23.2 Å². The molecule has 0 saturated heterocycles. The van der Waals surface area contributed by atoms with Crippen molar-refractivity contribution in [2.24, 2.45) is 5.16 Å². The van der Waals surface area contributed by atoms with Crippen LogP contribution in [0.3, 0.4) is 0 Å². The largest absolute Gasteiger partial charge is 0.390 e. The Labute approximate surface area is 193 Å². The third-order valence-corrected chi connectivity index (χ3v) is 6.62. The van der Waals surface area contributed by atoms with Gasteiger partial charge in [0.15, 0.2) is 5.71 Å². The van der Waals surface area contributed by atoms with Crippen molar-refractivity contribution in [1.29, 1.82) is 0 Å². The average molecular weight is 454 g/mol. The molecular formula is C26H25Cl2NO2. The Hall–Kier alpha value is -2.62. The number of ketones is 1. The minimum Gasteiger partial charge on any atom is -0.390 e. The molecule has 0 saturated carbocycles. The van der Waals surface area contributed by atoms with E-state index in [9.17, 15) is 4.79 Å². The van der Waals surface area contributed by atoms with Gasteiger partial charge in [0, 0.05) is 26.7 Å². The smallest absolute Gasteiger partial charge is 0.215 e. The van der Waals surface area contributed by atoms with E-state index in [0.717, 1.165) is 22.3 Å². The van der Waals surface area contributed by atoms with Crippen LogP contribution in [-0.2, 0) is 11.4 Å². The first-order chi connectivity index (χ1) is 14.7. The van der Waals surface area contributed by atoms with E-state index < -0.39 is 0 Å². The average Bonchev–Trinajstić information content (AvgIpc) is 2.76. The maximum atomic E-state index is 13.7. The number of hydrogen-bond donors (Lipinski definition) is 0. The Bertz CT molecular complexity index is 1120. The second kappa shape index (κ2) is 9.67. The number of carbonyl (C=O) groups is 1. The monoisotopic (exact) mass is 453 g/mol. The molecule has 0 radical (unpaired) electrons. The molecule has 0 aliphatic heterocycles. The minimum atomic E-state index is -0.169. The highest BCUT2D eigenvalue weighted by molar-refractivity contribution is 6.51. The van der Waals surface area contributed by atoms with Crippen LogP contribution in [0, 0.1) is 34.6 Å². The van der Waals surface area contributed by atoms with Gasteiger partial charge in [-0.2, -0.15) is 0 Å². The second-order valence-corrected chi connectivity index (χ2v) is 8.42. The van der Waals surface area contributed by atoms with E-state index in [4.69, 9.17) is 28.0 Å². The van der Waals surface area contributed by atoms with Crippen LogP contribution in [0.4, 0.5) is 0 Å². The highest BCUT2D eigenvalue weighted by Gasteiger charge is 2.24. The Morgan fingerprint density at radius 2 is 1.29 bits per heavy atom. The summed E-state index contributed by atoms with van der Waals surface area (Å²) in [7, 11) is 0. The number of carbonyl (C=O) groups excluding carboxylic acids is 1. The van der Waals surface area contributed by atoms with Crippen LogP contribution in [0.25, 0.3) is 0 Å². The summed E-state index contributed by atoms with van der Waals surface area (Å²) in [5, 5.41) is 5.25. The molecule has 0 amide bonds. The van der Waals surface area contributed by atoms with Crippen LogP contribution in [0.5, 0.6) is 0 Å². The molecule has 0 aliphatic rings. The van der Waals surface area contributed by atoms with Crippen LogP contribution < -0.4 is 0 Å². The van der Waals surface area contributed by atoms with Crippen molar-refractivity contribution in [3.05, 3.63) is 103 Å². The molecule has 31 heavy (non-hydrogen) atoms. The van der Waals surface area contributed by atoms with Gasteiger partial charge >= 0.3 is 0 Å². The quantitative estimate of drug-likeness (QED) is 0.222. The van der Waals surface area contributed by atoms with Gasteiger partial charge in [0.05, 0.1) is 0 Å². The summed E-state index contributed by atoms with van der Waals surface area (Å²) >= 11 is 12.5. The van der Waals surface area contributed by atoms with Gasteiger partial charge in [0.2, 0.25) is 5.78 Å². The lowest BCUT2D eigenvalue weighted by Crippen LogP contribution is -2.20. The maximum absolute atomic E-state index is 13.7. The summed E-state index contributed by atoms with van der Waals surface area (Å²) in [6.07, 6.45) is 0. The SMILES string of the molecule is Cc1c(C)c(C)c(C(=O)/C(=N/OCc2c(Cl)cccc2Cl)c2ccccc2)c(C)c1C. The number of rotatable bonds is 6. The molecule has 160 valence electrons. The maximum Gasteiger partial charge on any atom is 0.215 e. The van der Waals surface area contributed by atoms with Crippen molar-refractivity contribution < 1.29 is 9.63 Å². The molecule has 3 rings (SSSR count). The molecule has 3 aromatic rings. The van der Waals surface area contributed by atoms with Gasteiger partial charge in [-0.25, -0.2) is 0 Å². The van der Waals surface area contributed by atoms with Gasteiger partial charge in [-0.15, -0.1) is 0 Å². The first-order valence-corrected chi connectivity index (χ1v) is 10.8. The third kappa shape index (κ3) is 4.68. The third-order valence-electron chi connectivity index (χ3n) is 5.92. The summed E-state index contributed by atoms with van der Waals surface area (Å²) in [4.78, 5) is 19.3. The molecule has 0 N–H and O–H groups in total. The lowest BCUT2D eigenvalue weighted by molar-refractivity contribution is 0.103. The van der Waals surface area contributed by atoms with Crippen molar-refractivity contribution >= 4 is 34.7 Å². The molecule has 0 aromatic heterocycles. The van der Waals surface area contributed by atoms with Gasteiger partial charge in [-0.3, -0.25) is 4.79 Å². The van der Waals surface area contributed by atoms with Crippen molar-refractivity contribution in [2.75, 3.05) is 0 Å². The summed E-state index contributed by atoms with van der Waals surface area (Å²) in [6.45, 7) is 10.2. The predicted octanol–water partition coefficient (Wildman–Crippen LogP) is 7.34. The minimum absolute atomic E-state index is 0.0615. The molecule has 0 atom stereocenters. The zero-order valence-corrected chi connectivity index (χ0v) is 19.9. The van der Waals surface area contributed by atoms with E-state index in [-0.39, 0.29) is 18.1 Å². The van der Waals surface area contributed by atoms with E-state index in [1.807, 2.05) is 58.0 Å². The molecule has 0 fully saturated rings. The number of hydrogen-bond acceptors (Lipinski definition) is 3. The van der Waals surface area contributed by atoms with Gasteiger partial charge < -0.3 is 4.84 Å². The fourth-order valence-electron chi connectivity index (χ4n) is 3.61. The number of oxime groups is 1. The zero-order valence-electron chi connectivity index (χ0n) is 18.3. The van der Waals surface area contributed by atoms with Crippen molar-refractivity contribution in [2.45, 2.75) is 41.2 Å². The highest BCUT2D eigenvalue weighted by Crippen LogP contribution is 2.28. The van der Waals surface area contributed by atoms with Crippen molar-refractivity contribution in [1.82, 2.24) is 0 Å². The summed E-state index contributed by atoms with van der Waals surface area (Å²) in [5.74, 6) is -0.169. The Morgan fingerprint density at radius 3 is 1.84 bits per heavy atom.